The number of aryl methyl sites for hydroxylation is 1. The molecular formula is C12H15F3N4OS. The van der Waals surface area contributed by atoms with Crippen molar-refractivity contribution < 1.29 is 18.3 Å². The molecule has 0 saturated heterocycles. The van der Waals surface area contributed by atoms with Crippen LogP contribution in [-0.2, 0) is 0 Å². The summed E-state index contributed by atoms with van der Waals surface area (Å²) < 4.78 is 37.0. The van der Waals surface area contributed by atoms with Crippen LogP contribution < -0.4 is 10.6 Å². The van der Waals surface area contributed by atoms with Gasteiger partial charge in [0, 0.05) is 11.4 Å². The SMILES string of the molecule is CCNc1nc(NCC(O)C(F)(F)F)c2cc(C)sc2n1. The topological polar surface area (TPSA) is 70.1 Å². The van der Waals surface area contributed by atoms with Gasteiger partial charge in [0.1, 0.15) is 10.6 Å². The van der Waals surface area contributed by atoms with Crippen molar-refractivity contribution >= 4 is 33.3 Å². The summed E-state index contributed by atoms with van der Waals surface area (Å²) in [6, 6.07) is 1.80. The summed E-state index contributed by atoms with van der Waals surface area (Å²) >= 11 is 1.43. The van der Waals surface area contributed by atoms with Crippen LogP contribution in [0.2, 0.25) is 0 Å². The molecular weight excluding hydrogens is 305 g/mol. The van der Waals surface area contributed by atoms with E-state index in [1.54, 1.807) is 6.07 Å². The average molecular weight is 320 g/mol. The first-order chi connectivity index (χ1) is 9.81. The number of alkyl halides is 3. The third-order valence-electron chi connectivity index (χ3n) is 2.69. The normalized spacial score (nSPS) is 13.4. The average Bonchev–Trinajstić information content (AvgIpc) is 2.75. The highest BCUT2D eigenvalue weighted by Gasteiger charge is 2.38. The Morgan fingerprint density at radius 3 is 2.67 bits per heavy atom. The number of halogens is 3. The van der Waals surface area contributed by atoms with E-state index in [-0.39, 0.29) is 5.82 Å². The van der Waals surface area contributed by atoms with Gasteiger partial charge in [0.25, 0.3) is 0 Å². The van der Waals surface area contributed by atoms with Crippen LogP contribution in [0.25, 0.3) is 10.2 Å². The fourth-order valence-corrected chi connectivity index (χ4v) is 2.60. The predicted molar refractivity (Wildman–Crippen MR) is 76.9 cm³/mol. The van der Waals surface area contributed by atoms with E-state index < -0.39 is 18.8 Å². The Morgan fingerprint density at radius 1 is 1.33 bits per heavy atom. The molecule has 0 radical (unpaired) electrons. The van der Waals surface area contributed by atoms with Crippen LogP contribution in [0.15, 0.2) is 6.07 Å². The molecule has 21 heavy (non-hydrogen) atoms. The first-order valence-corrected chi connectivity index (χ1v) is 7.13. The molecule has 0 fully saturated rings. The molecule has 0 aliphatic rings. The van der Waals surface area contributed by atoms with Gasteiger partial charge in [0.2, 0.25) is 5.95 Å². The zero-order chi connectivity index (χ0) is 15.6. The van der Waals surface area contributed by atoms with Gasteiger partial charge in [-0.1, -0.05) is 0 Å². The number of aliphatic hydroxyl groups is 1. The maximum Gasteiger partial charge on any atom is 0.416 e. The Hall–Kier alpha value is -1.61. The van der Waals surface area contributed by atoms with Crippen LogP contribution in [0.3, 0.4) is 0 Å². The molecule has 2 aromatic heterocycles. The van der Waals surface area contributed by atoms with Crippen LogP contribution in [0.1, 0.15) is 11.8 Å². The minimum Gasteiger partial charge on any atom is -0.382 e. The van der Waals surface area contributed by atoms with Crippen LogP contribution in [0, 0.1) is 6.92 Å². The van der Waals surface area contributed by atoms with Gasteiger partial charge >= 0.3 is 6.18 Å². The van der Waals surface area contributed by atoms with Gasteiger partial charge in [-0.25, -0.2) is 4.98 Å². The Kier molecular flexibility index (Phi) is 4.52. The molecule has 0 aliphatic heterocycles. The van der Waals surface area contributed by atoms with Crippen molar-refractivity contribution in [2.24, 2.45) is 0 Å². The molecule has 1 atom stereocenters. The second kappa shape index (κ2) is 6.02. The van der Waals surface area contributed by atoms with E-state index in [0.717, 1.165) is 4.88 Å². The smallest absolute Gasteiger partial charge is 0.382 e. The summed E-state index contributed by atoms with van der Waals surface area (Å²) in [5, 5.41) is 15.2. The third kappa shape index (κ3) is 3.73. The number of aliphatic hydroxyl groups excluding tert-OH is 1. The fourth-order valence-electron chi connectivity index (χ4n) is 1.72. The molecule has 0 bridgehead atoms. The van der Waals surface area contributed by atoms with Crippen LogP contribution in [0.5, 0.6) is 0 Å². The number of hydrogen-bond acceptors (Lipinski definition) is 6. The lowest BCUT2D eigenvalue weighted by atomic mass is 10.3. The van der Waals surface area contributed by atoms with Crippen molar-refractivity contribution in [3.8, 4) is 0 Å². The standard InChI is InChI=1S/C12H15F3N4OS/c1-3-16-11-18-9(17-5-8(20)12(13,14)15)7-4-6(2)21-10(7)19-11/h4,8,20H,3,5H2,1-2H3,(H2,16,17,18,19). The number of hydrogen-bond donors (Lipinski definition) is 3. The summed E-state index contributed by atoms with van der Waals surface area (Å²) in [4.78, 5) is 10.1. The molecule has 9 heteroatoms. The predicted octanol–water partition coefficient (Wildman–Crippen LogP) is 2.77. The number of aromatic nitrogens is 2. The molecule has 3 N–H and O–H groups in total. The minimum absolute atomic E-state index is 0.281. The highest BCUT2D eigenvalue weighted by molar-refractivity contribution is 7.18. The summed E-state index contributed by atoms with van der Waals surface area (Å²) in [5.74, 6) is 0.624. The second-order valence-corrected chi connectivity index (χ2v) is 5.68. The molecule has 0 amide bonds. The van der Waals surface area contributed by atoms with Gasteiger partial charge in [0.05, 0.1) is 11.9 Å². The van der Waals surface area contributed by atoms with E-state index in [2.05, 4.69) is 20.6 Å². The molecule has 0 saturated carbocycles. The molecule has 2 heterocycles. The summed E-state index contributed by atoms with van der Waals surface area (Å²) in [6.45, 7) is 3.69. The van der Waals surface area contributed by atoms with Gasteiger partial charge in [-0.3, -0.25) is 0 Å². The van der Waals surface area contributed by atoms with Crippen molar-refractivity contribution in [2.45, 2.75) is 26.1 Å². The summed E-state index contributed by atoms with van der Waals surface area (Å²) in [5.41, 5.74) is 0. The number of thiophene rings is 1. The lowest BCUT2D eigenvalue weighted by Gasteiger charge is -2.16. The van der Waals surface area contributed by atoms with Crippen molar-refractivity contribution in [2.75, 3.05) is 23.7 Å². The maximum atomic E-state index is 12.3. The van der Waals surface area contributed by atoms with E-state index in [4.69, 9.17) is 5.11 Å². The van der Waals surface area contributed by atoms with E-state index in [0.29, 0.717) is 22.7 Å². The second-order valence-electron chi connectivity index (χ2n) is 4.44. The first kappa shape index (κ1) is 15.8. The molecule has 0 spiro atoms. The van der Waals surface area contributed by atoms with Crippen molar-refractivity contribution in [3.05, 3.63) is 10.9 Å². The highest BCUT2D eigenvalue weighted by Crippen LogP contribution is 2.30. The lowest BCUT2D eigenvalue weighted by Crippen LogP contribution is -2.35. The zero-order valence-corrected chi connectivity index (χ0v) is 12.3. The number of nitrogens with one attached hydrogen (secondary N) is 2. The number of nitrogens with zero attached hydrogens (tertiary/aromatic N) is 2. The Balaban J connectivity index is 2.28. The number of anilines is 2. The molecule has 0 aromatic carbocycles. The lowest BCUT2D eigenvalue weighted by molar-refractivity contribution is -0.198. The van der Waals surface area contributed by atoms with E-state index in [1.807, 2.05) is 13.8 Å². The Bertz CT molecular complexity index is 629. The van der Waals surface area contributed by atoms with Crippen LogP contribution >= 0.6 is 11.3 Å². The van der Waals surface area contributed by atoms with Gasteiger partial charge in [-0.2, -0.15) is 18.2 Å². The Labute approximate surface area is 123 Å². The van der Waals surface area contributed by atoms with Gasteiger partial charge in [-0.05, 0) is 19.9 Å². The molecule has 5 nitrogen and oxygen atoms in total. The third-order valence-corrected chi connectivity index (χ3v) is 3.64. The summed E-state index contributed by atoms with van der Waals surface area (Å²) in [6.07, 6.45) is -7.10. The highest BCUT2D eigenvalue weighted by atomic mass is 32.1. The fraction of sp³-hybridized carbons (Fsp3) is 0.500. The van der Waals surface area contributed by atoms with E-state index in [9.17, 15) is 13.2 Å². The summed E-state index contributed by atoms with van der Waals surface area (Å²) in [7, 11) is 0. The van der Waals surface area contributed by atoms with Gasteiger partial charge < -0.3 is 15.7 Å². The van der Waals surface area contributed by atoms with Gasteiger partial charge in [0.15, 0.2) is 6.10 Å². The molecule has 2 rings (SSSR count). The van der Waals surface area contributed by atoms with E-state index in [1.165, 1.54) is 11.3 Å². The maximum absolute atomic E-state index is 12.3. The Morgan fingerprint density at radius 2 is 2.05 bits per heavy atom. The van der Waals surface area contributed by atoms with Crippen molar-refractivity contribution in [1.29, 1.82) is 0 Å². The largest absolute Gasteiger partial charge is 0.416 e. The minimum atomic E-state index is -4.66. The molecule has 1 unspecified atom stereocenters. The quantitative estimate of drug-likeness (QED) is 0.790. The monoisotopic (exact) mass is 320 g/mol. The molecule has 116 valence electrons. The molecule has 2 aromatic rings. The number of fused-ring (bicyclic) bond motifs is 1. The van der Waals surface area contributed by atoms with Crippen LogP contribution in [0.4, 0.5) is 24.9 Å². The zero-order valence-electron chi connectivity index (χ0n) is 11.5. The van der Waals surface area contributed by atoms with Gasteiger partial charge in [-0.15, -0.1) is 11.3 Å². The van der Waals surface area contributed by atoms with Crippen LogP contribution in [-0.4, -0.2) is 40.4 Å². The number of rotatable bonds is 5. The first-order valence-electron chi connectivity index (χ1n) is 6.32. The van der Waals surface area contributed by atoms with Crippen molar-refractivity contribution in [3.63, 3.8) is 0 Å². The van der Waals surface area contributed by atoms with Crippen molar-refractivity contribution in [1.82, 2.24) is 9.97 Å². The molecule has 0 aliphatic carbocycles. The van der Waals surface area contributed by atoms with E-state index >= 15 is 0 Å².